The van der Waals surface area contributed by atoms with E-state index in [1.807, 2.05) is 0 Å². The lowest BCUT2D eigenvalue weighted by molar-refractivity contribution is 0.0194. The highest BCUT2D eigenvalue weighted by molar-refractivity contribution is 5.41. The number of alkyl halides is 2. The molecular formula is C8H4F2N2O2. The van der Waals surface area contributed by atoms with Gasteiger partial charge in [0, 0.05) is 12.1 Å². The van der Waals surface area contributed by atoms with Crippen molar-refractivity contribution < 1.29 is 18.3 Å². The molecule has 4 nitrogen and oxygen atoms in total. The highest BCUT2D eigenvalue weighted by Gasteiger charge is 2.30. The maximum absolute atomic E-state index is 12.7. The lowest BCUT2D eigenvalue weighted by Crippen LogP contribution is -2.20. The second-order valence-electron chi connectivity index (χ2n) is 2.93. The highest BCUT2D eigenvalue weighted by atomic mass is 19.3. The summed E-state index contributed by atoms with van der Waals surface area (Å²) in [6, 6.07) is 2.81. The molecule has 0 unspecified atom stereocenters. The third-order valence-electron chi connectivity index (χ3n) is 1.98. The highest BCUT2D eigenvalue weighted by Crippen LogP contribution is 2.29. The minimum atomic E-state index is -3.35. The van der Waals surface area contributed by atoms with Crippen LogP contribution in [0.2, 0.25) is 0 Å². The number of ether oxygens (including phenoxy) is 2. The summed E-state index contributed by atoms with van der Waals surface area (Å²) in [6.45, 7) is 0.106. The molecule has 2 aliphatic rings. The summed E-state index contributed by atoms with van der Waals surface area (Å²) in [5, 5.41) is 0.276. The fraction of sp³-hybridized carbons (Fsp3) is 0.250. The van der Waals surface area contributed by atoms with Gasteiger partial charge in [-0.15, -0.1) is 0 Å². The van der Waals surface area contributed by atoms with Crippen LogP contribution in [0.5, 0.6) is 11.5 Å². The normalized spacial score (nSPS) is 19.9. The van der Waals surface area contributed by atoms with Crippen LogP contribution >= 0.6 is 0 Å². The van der Waals surface area contributed by atoms with E-state index >= 15 is 0 Å². The van der Waals surface area contributed by atoms with E-state index in [4.69, 9.17) is 9.47 Å². The monoisotopic (exact) mass is 198 g/mol. The summed E-state index contributed by atoms with van der Waals surface area (Å²) in [5.74, 6) is 0.862. The molecule has 0 fully saturated rings. The maximum atomic E-state index is 12.7. The maximum Gasteiger partial charge on any atom is 0.450 e. The molecule has 14 heavy (non-hydrogen) atoms. The second-order valence-corrected chi connectivity index (χ2v) is 2.93. The average molecular weight is 198 g/mol. The van der Waals surface area contributed by atoms with Crippen LogP contribution in [0.1, 0.15) is 0 Å². The third-order valence-corrected chi connectivity index (χ3v) is 1.98. The van der Waals surface area contributed by atoms with Crippen LogP contribution in [0.4, 0.5) is 8.78 Å². The number of fused-ring (bicyclic) bond motifs is 2. The molecule has 0 saturated heterocycles. The molecule has 2 aliphatic heterocycles. The van der Waals surface area contributed by atoms with Crippen molar-refractivity contribution in [3.63, 3.8) is 0 Å². The van der Waals surface area contributed by atoms with E-state index in [0.717, 1.165) is 0 Å². The van der Waals surface area contributed by atoms with Crippen molar-refractivity contribution in [2.24, 2.45) is 9.98 Å². The van der Waals surface area contributed by atoms with Crippen molar-refractivity contribution in [2.75, 3.05) is 6.79 Å². The van der Waals surface area contributed by atoms with Gasteiger partial charge in [-0.1, -0.05) is 0 Å². The van der Waals surface area contributed by atoms with Gasteiger partial charge in [-0.2, -0.15) is 18.8 Å². The summed E-state index contributed by atoms with van der Waals surface area (Å²) in [6.07, 6.45) is -3.35. The smallest absolute Gasteiger partial charge is 0.450 e. The van der Waals surface area contributed by atoms with Gasteiger partial charge in [-0.05, 0) is 0 Å². The fourth-order valence-corrected chi connectivity index (χ4v) is 1.41. The van der Waals surface area contributed by atoms with Gasteiger partial charge < -0.3 is 9.47 Å². The Labute approximate surface area is 76.5 Å². The second kappa shape index (κ2) is 2.20. The molecule has 0 amide bonds. The molecule has 3 rings (SSSR count). The van der Waals surface area contributed by atoms with Crippen molar-refractivity contribution >= 4 is 0 Å². The Morgan fingerprint density at radius 1 is 1.07 bits per heavy atom. The van der Waals surface area contributed by atoms with E-state index in [0.29, 0.717) is 11.5 Å². The molecule has 0 bridgehead atoms. The first-order valence-electron chi connectivity index (χ1n) is 3.91. The van der Waals surface area contributed by atoms with Crippen LogP contribution in [0.15, 0.2) is 22.1 Å². The van der Waals surface area contributed by atoms with Gasteiger partial charge in [0.05, 0.1) is 10.7 Å². The standard InChI is InChI=1S/C8H4F2N2O2/c9-8(10)11-4-1-6-7(14-3-13-6)2-5(4)12-8/h1-2H,3H2. The van der Waals surface area contributed by atoms with Gasteiger partial charge in [-0.3, -0.25) is 0 Å². The summed E-state index contributed by atoms with van der Waals surface area (Å²) in [5.41, 5.74) is 0. The molecule has 72 valence electrons. The molecular weight excluding hydrogens is 194 g/mol. The van der Waals surface area contributed by atoms with Crippen molar-refractivity contribution in [1.82, 2.24) is 0 Å². The Morgan fingerprint density at radius 3 is 2.07 bits per heavy atom. The Kier molecular flexibility index (Phi) is 1.20. The van der Waals surface area contributed by atoms with Crippen LogP contribution in [0.3, 0.4) is 0 Å². The van der Waals surface area contributed by atoms with Gasteiger partial charge in [-0.25, -0.2) is 0 Å². The van der Waals surface area contributed by atoms with E-state index in [9.17, 15) is 8.78 Å². The fourth-order valence-electron chi connectivity index (χ4n) is 1.41. The molecule has 6 heteroatoms. The quantitative estimate of drug-likeness (QED) is 0.559. The molecule has 0 aliphatic carbocycles. The number of nitrogens with zero attached hydrogens (tertiary/aromatic N) is 2. The molecule has 0 radical (unpaired) electrons. The Morgan fingerprint density at radius 2 is 1.57 bits per heavy atom. The van der Waals surface area contributed by atoms with E-state index < -0.39 is 6.17 Å². The van der Waals surface area contributed by atoms with Gasteiger partial charge in [0.1, 0.15) is 0 Å². The third kappa shape index (κ3) is 0.966. The minimum Gasteiger partial charge on any atom is -0.454 e. The van der Waals surface area contributed by atoms with Gasteiger partial charge in [0.2, 0.25) is 6.79 Å². The lowest BCUT2D eigenvalue weighted by atomic mass is 10.3. The first kappa shape index (κ1) is 7.66. The molecule has 1 aromatic rings. The number of hydrogen-bond donors (Lipinski definition) is 0. The van der Waals surface area contributed by atoms with Crippen molar-refractivity contribution in [3.05, 3.63) is 22.8 Å². The van der Waals surface area contributed by atoms with Crippen molar-refractivity contribution in [3.8, 4) is 11.5 Å². The summed E-state index contributed by atoms with van der Waals surface area (Å²) in [4.78, 5) is 6.25. The Bertz CT molecular complexity index is 482. The predicted molar refractivity (Wildman–Crippen MR) is 39.8 cm³/mol. The average Bonchev–Trinajstić information content (AvgIpc) is 2.59. The van der Waals surface area contributed by atoms with Crippen LogP contribution < -0.4 is 20.2 Å². The summed E-state index contributed by atoms with van der Waals surface area (Å²) < 4.78 is 35.5. The Balaban J connectivity index is 2.32. The minimum absolute atomic E-state index is 0.106. The zero-order valence-corrected chi connectivity index (χ0v) is 6.83. The number of benzene rings is 1. The van der Waals surface area contributed by atoms with E-state index in [1.165, 1.54) is 12.1 Å². The number of rotatable bonds is 0. The number of halogens is 2. The topological polar surface area (TPSA) is 43.2 Å². The summed E-state index contributed by atoms with van der Waals surface area (Å²) >= 11 is 0. The van der Waals surface area contributed by atoms with E-state index in [2.05, 4.69) is 9.98 Å². The predicted octanol–water partition coefficient (Wildman–Crippen LogP) is 0.218. The van der Waals surface area contributed by atoms with E-state index in [1.54, 1.807) is 0 Å². The van der Waals surface area contributed by atoms with Gasteiger partial charge >= 0.3 is 6.17 Å². The first-order valence-corrected chi connectivity index (χ1v) is 3.91. The van der Waals surface area contributed by atoms with Crippen LogP contribution in [0.25, 0.3) is 0 Å². The Hall–Kier alpha value is -1.72. The first-order chi connectivity index (χ1) is 6.64. The molecule has 0 saturated carbocycles. The van der Waals surface area contributed by atoms with E-state index in [-0.39, 0.29) is 17.5 Å². The van der Waals surface area contributed by atoms with Crippen LogP contribution in [0, 0.1) is 0 Å². The van der Waals surface area contributed by atoms with Crippen molar-refractivity contribution in [2.45, 2.75) is 6.17 Å². The largest absolute Gasteiger partial charge is 0.454 e. The van der Waals surface area contributed by atoms with Crippen molar-refractivity contribution in [1.29, 1.82) is 0 Å². The summed E-state index contributed by atoms with van der Waals surface area (Å²) in [7, 11) is 0. The zero-order chi connectivity index (χ0) is 9.76. The SMILES string of the molecule is FC1(F)N=c2cc3c(cc2=N1)OCO3. The molecule has 2 heterocycles. The van der Waals surface area contributed by atoms with Gasteiger partial charge in [0.15, 0.2) is 11.5 Å². The zero-order valence-electron chi connectivity index (χ0n) is 6.83. The van der Waals surface area contributed by atoms with Crippen LogP contribution in [-0.2, 0) is 0 Å². The molecule has 0 aromatic heterocycles. The molecule has 0 N–H and O–H groups in total. The molecule has 0 atom stereocenters. The van der Waals surface area contributed by atoms with Gasteiger partial charge in [0.25, 0.3) is 0 Å². The molecule has 0 spiro atoms. The molecule has 1 aromatic carbocycles. The lowest BCUT2D eigenvalue weighted by Gasteiger charge is -1.95. The van der Waals surface area contributed by atoms with Crippen LogP contribution in [-0.4, -0.2) is 13.0 Å². The number of hydrogen-bond acceptors (Lipinski definition) is 4.